The van der Waals surface area contributed by atoms with Crippen LogP contribution in [-0.4, -0.2) is 33.9 Å². The molecule has 1 atom stereocenters. The van der Waals surface area contributed by atoms with E-state index >= 15 is 0 Å². The van der Waals surface area contributed by atoms with Gasteiger partial charge >= 0.3 is 0 Å². The van der Waals surface area contributed by atoms with E-state index in [0.29, 0.717) is 11.4 Å². The Morgan fingerprint density at radius 2 is 1.93 bits per heavy atom. The number of halogens is 1. The van der Waals surface area contributed by atoms with Gasteiger partial charge in [-0.1, -0.05) is 29.8 Å². The van der Waals surface area contributed by atoms with Gasteiger partial charge in [-0.25, -0.2) is 0 Å². The van der Waals surface area contributed by atoms with Crippen LogP contribution in [0.15, 0.2) is 67.0 Å². The summed E-state index contributed by atoms with van der Waals surface area (Å²) in [6.07, 6.45) is 5.92. The number of nitrogens with zero attached hydrogens (tertiary/aromatic N) is 3. The Kier molecular flexibility index (Phi) is 5.68. The largest absolute Gasteiger partial charge is 0.342 e. The predicted molar refractivity (Wildman–Crippen MR) is 111 cm³/mol. The molecule has 1 aliphatic rings. The van der Waals surface area contributed by atoms with Crippen molar-refractivity contribution in [3.8, 4) is 11.3 Å². The molecule has 1 aliphatic heterocycles. The SMILES string of the molecule is O=C(Cc1ccncc1)N1CCC[C@H](c2cccc(-c3cccc(Cl)c3)n2)C1. The van der Waals surface area contributed by atoms with E-state index in [0.717, 1.165) is 48.4 Å². The molecule has 0 radical (unpaired) electrons. The van der Waals surface area contributed by atoms with Gasteiger partial charge in [0.15, 0.2) is 0 Å². The smallest absolute Gasteiger partial charge is 0.227 e. The van der Waals surface area contributed by atoms with Crippen molar-refractivity contribution in [3.63, 3.8) is 0 Å². The van der Waals surface area contributed by atoms with E-state index in [2.05, 4.69) is 11.1 Å². The van der Waals surface area contributed by atoms with E-state index in [-0.39, 0.29) is 11.8 Å². The summed E-state index contributed by atoms with van der Waals surface area (Å²) in [7, 11) is 0. The van der Waals surface area contributed by atoms with Crippen LogP contribution in [0.25, 0.3) is 11.3 Å². The van der Waals surface area contributed by atoms with Gasteiger partial charge in [0.05, 0.1) is 12.1 Å². The van der Waals surface area contributed by atoms with Gasteiger partial charge in [0.1, 0.15) is 0 Å². The first-order valence-electron chi connectivity index (χ1n) is 9.58. The number of piperidine rings is 1. The lowest BCUT2D eigenvalue weighted by Gasteiger charge is -2.32. The highest BCUT2D eigenvalue weighted by atomic mass is 35.5. The second-order valence-electron chi connectivity index (χ2n) is 7.17. The van der Waals surface area contributed by atoms with Crippen LogP contribution in [0.2, 0.25) is 5.02 Å². The van der Waals surface area contributed by atoms with Gasteiger partial charge in [-0.05, 0) is 54.8 Å². The van der Waals surface area contributed by atoms with Crippen LogP contribution in [-0.2, 0) is 11.2 Å². The maximum atomic E-state index is 12.7. The predicted octanol–water partition coefficient (Wildman–Crippen LogP) is 4.75. The summed E-state index contributed by atoms with van der Waals surface area (Å²) in [6.45, 7) is 1.53. The molecule has 0 saturated carbocycles. The molecule has 1 aromatic carbocycles. The second kappa shape index (κ2) is 8.53. The van der Waals surface area contributed by atoms with Crippen molar-refractivity contribution in [2.24, 2.45) is 0 Å². The summed E-state index contributed by atoms with van der Waals surface area (Å²) in [5, 5.41) is 0.704. The number of carbonyl (C=O) groups excluding carboxylic acids is 1. The van der Waals surface area contributed by atoms with Crippen LogP contribution < -0.4 is 0 Å². The second-order valence-corrected chi connectivity index (χ2v) is 7.61. The quantitative estimate of drug-likeness (QED) is 0.645. The van der Waals surface area contributed by atoms with Gasteiger partial charge in [0.25, 0.3) is 0 Å². The van der Waals surface area contributed by atoms with Crippen molar-refractivity contribution >= 4 is 17.5 Å². The monoisotopic (exact) mass is 391 g/mol. The number of benzene rings is 1. The molecule has 0 spiro atoms. The number of hydrogen-bond donors (Lipinski definition) is 0. The number of aromatic nitrogens is 2. The number of likely N-dealkylation sites (tertiary alicyclic amines) is 1. The van der Waals surface area contributed by atoms with Crippen LogP contribution in [0.3, 0.4) is 0 Å². The zero-order valence-corrected chi connectivity index (χ0v) is 16.3. The molecule has 3 aromatic rings. The summed E-state index contributed by atoms with van der Waals surface area (Å²) in [5.74, 6) is 0.427. The van der Waals surface area contributed by atoms with Crippen molar-refractivity contribution < 1.29 is 4.79 Å². The van der Waals surface area contributed by atoms with Gasteiger partial charge in [-0.15, -0.1) is 0 Å². The summed E-state index contributed by atoms with van der Waals surface area (Å²) < 4.78 is 0. The van der Waals surface area contributed by atoms with E-state index in [4.69, 9.17) is 16.6 Å². The Balaban J connectivity index is 1.49. The van der Waals surface area contributed by atoms with E-state index < -0.39 is 0 Å². The molecule has 5 heteroatoms. The number of amides is 1. The summed E-state index contributed by atoms with van der Waals surface area (Å²) >= 11 is 6.13. The van der Waals surface area contributed by atoms with Crippen LogP contribution in [0, 0.1) is 0 Å². The standard InChI is InChI=1S/C23H22ClN3O/c24-20-6-1-4-18(15-20)21-7-2-8-22(26-21)19-5-3-13-27(16-19)23(28)14-17-9-11-25-12-10-17/h1-2,4,6-12,15,19H,3,5,13-14,16H2/t19-/m0/s1. The van der Waals surface area contributed by atoms with E-state index in [1.165, 1.54) is 0 Å². The number of pyridine rings is 2. The molecule has 28 heavy (non-hydrogen) atoms. The Hall–Kier alpha value is -2.72. The maximum absolute atomic E-state index is 12.7. The Bertz CT molecular complexity index is 961. The van der Waals surface area contributed by atoms with Gasteiger partial charge in [0, 0.05) is 47.7 Å². The van der Waals surface area contributed by atoms with Gasteiger partial charge < -0.3 is 4.90 Å². The average Bonchev–Trinajstić information content (AvgIpc) is 2.75. The fourth-order valence-corrected chi connectivity index (χ4v) is 3.91. The number of hydrogen-bond acceptors (Lipinski definition) is 3. The Labute approximate surface area is 170 Å². The molecule has 4 nitrogen and oxygen atoms in total. The first kappa shape index (κ1) is 18.6. The van der Waals surface area contributed by atoms with Crippen LogP contribution in [0.5, 0.6) is 0 Å². The minimum atomic E-state index is 0.168. The highest BCUT2D eigenvalue weighted by molar-refractivity contribution is 6.30. The normalized spacial score (nSPS) is 16.8. The molecular formula is C23H22ClN3O. The van der Waals surface area contributed by atoms with Gasteiger partial charge in [0.2, 0.25) is 5.91 Å². The third-order valence-electron chi connectivity index (χ3n) is 5.19. The van der Waals surface area contributed by atoms with Crippen molar-refractivity contribution in [3.05, 3.63) is 83.3 Å². The molecular weight excluding hydrogens is 370 g/mol. The fourth-order valence-electron chi connectivity index (χ4n) is 3.72. The molecule has 3 heterocycles. The molecule has 4 rings (SSSR count). The summed E-state index contributed by atoms with van der Waals surface area (Å²) in [4.78, 5) is 23.6. The molecule has 1 fully saturated rings. The Morgan fingerprint density at radius 3 is 2.75 bits per heavy atom. The van der Waals surface area contributed by atoms with E-state index in [1.807, 2.05) is 53.4 Å². The van der Waals surface area contributed by atoms with Gasteiger partial charge in [-0.2, -0.15) is 0 Å². The molecule has 0 N–H and O–H groups in total. The van der Waals surface area contributed by atoms with Crippen LogP contribution in [0.4, 0.5) is 0 Å². The van der Waals surface area contributed by atoms with Crippen LogP contribution >= 0.6 is 11.6 Å². The molecule has 0 aliphatic carbocycles. The molecule has 0 bridgehead atoms. The minimum absolute atomic E-state index is 0.168. The molecule has 1 amide bonds. The van der Waals surface area contributed by atoms with Crippen molar-refractivity contribution in [1.82, 2.24) is 14.9 Å². The first-order chi connectivity index (χ1) is 13.7. The van der Waals surface area contributed by atoms with Crippen molar-refractivity contribution in [2.45, 2.75) is 25.2 Å². The van der Waals surface area contributed by atoms with E-state index in [9.17, 15) is 4.79 Å². The number of carbonyl (C=O) groups is 1. The zero-order valence-electron chi connectivity index (χ0n) is 15.6. The number of rotatable bonds is 4. The highest BCUT2D eigenvalue weighted by Gasteiger charge is 2.25. The third kappa shape index (κ3) is 4.39. The van der Waals surface area contributed by atoms with E-state index in [1.54, 1.807) is 12.4 Å². The molecule has 0 unspecified atom stereocenters. The summed E-state index contributed by atoms with van der Waals surface area (Å²) in [6, 6.07) is 17.7. The lowest BCUT2D eigenvalue weighted by atomic mass is 9.93. The third-order valence-corrected chi connectivity index (χ3v) is 5.42. The molecule has 2 aromatic heterocycles. The highest BCUT2D eigenvalue weighted by Crippen LogP contribution is 2.28. The lowest BCUT2D eigenvalue weighted by molar-refractivity contribution is -0.131. The Morgan fingerprint density at radius 1 is 1.11 bits per heavy atom. The van der Waals surface area contributed by atoms with Crippen molar-refractivity contribution in [1.29, 1.82) is 0 Å². The topological polar surface area (TPSA) is 46.1 Å². The summed E-state index contributed by atoms with van der Waals surface area (Å²) in [5.41, 5.74) is 3.97. The zero-order chi connectivity index (χ0) is 19.3. The fraction of sp³-hybridized carbons (Fsp3) is 0.261. The van der Waals surface area contributed by atoms with Crippen molar-refractivity contribution in [2.75, 3.05) is 13.1 Å². The lowest BCUT2D eigenvalue weighted by Crippen LogP contribution is -2.40. The van der Waals surface area contributed by atoms with Crippen LogP contribution in [0.1, 0.15) is 30.0 Å². The molecule has 142 valence electrons. The maximum Gasteiger partial charge on any atom is 0.227 e. The molecule has 1 saturated heterocycles. The first-order valence-corrected chi connectivity index (χ1v) is 9.96. The van der Waals surface area contributed by atoms with Gasteiger partial charge in [-0.3, -0.25) is 14.8 Å². The minimum Gasteiger partial charge on any atom is -0.342 e. The average molecular weight is 392 g/mol.